The number of hydrogen-bond acceptors (Lipinski definition) is 0. The van der Waals surface area contributed by atoms with E-state index >= 15 is 0 Å². The summed E-state index contributed by atoms with van der Waals surface area (Å²) >= 11 is 0. The molecule has 0 spiro atoms. The third-order valence-corrected chi connectivity index (χ3v) is 12.4. The van der Waals surface area contributed by atoms with Crippen molar-refractivity contribution < 1.29 is 0 Å². The molecule has 6 aromatic carbocycles. The van der Waals surface area contributed by atoms with Crippen LogP contribution in [0.4, 0.5) is 0 Å². The molecule has 4 heteroatoms. The van der Waals surface area contributed by atoms with Crippen molar-refractivity contribution in [2.24, 2.45) is 0 Å². The van der Waals surface area contributed by atoms with Gasteiger partial charge in [0.2, 0.25) is 0 Å². The summed E-state index contributed by atoms with van der Waals surface area (Å²) in [5.41, 5.74) is 22.6. The normalized spacial score (nSPS) is 10.6. The van der Waals surface area contributed by atoms with Crippen molar-refractivity contribution in [1.82, 2.24) is 0 Å². The summed E-state index contributed by atoms with van der Waals surface area (Å²) in [7, 11) is 11.2. The van der Waals surface area contributed by atoms with Crippen molar-refractivity contribution in [2.75, 3.05) is 0 Å². The summed E-state index contributed by atoms with van der Waals surface area (Å²) in [5.74, 6) is 0. The second kappa shape index (κ2) is 20.3. The predicted octanol–water partition coefficient (Wildman–Crippen LogP) is 14.3. The molecule has 4 atom stereocenters. The van der Waals surface area contributed by atoms with Crippen LogP contribution in [-0.2, 0) is 24.6 Å². The van der Waals surface area contributed by atoms with E-state index in [1.54, 1.807) is 0 Å². The quantitative estimate of drug-likeness (QED) is 0.157. The minimum absolute atomic E-state index is 1.04. The Labute approximate surface area is 326 Å². The third kappa shape index (κ3) is 11.3. The lowest BCUT2D eigenvalue weighted by molar-refractivity contribution is 1.22. The van der Waals surface area contributed by atoms with Gasteiger partial charge >= 0.3 is 0 Å². The lowest BCUT2D eigenvalue weighted by Crippen LogP contribution is -1.92. The fourth-order valence-electron chi connectivity index (χ4n) is 6.89. The molecule has 0 aliphatic carbocycles. The molecule has 0 bridgehead atoms. The van der Waals surface area contributed by atoms with Crippen LogP contribution in [0.15, 0.2) is 72.8 Å². The Morgan fingerprint density at radius 1 is 0.327 bits per heavy atom. The molecule has 0 fully saturated rings. The summed E-state index contributed by atoms with van der Waals surface area (Å²) in [5, 5.41) is 5.52. The summed E-state index contributed by atoms with van der Waals surface area (Å²) in [4.78, 5) is 0. The van der Waals surface area contributed by atoms with Gasteiger partial charge in [0, 0.05) is 0 Å². The molecule has 0 saturated heterocycles. The maximum absolute atomic E-state index is 2.82. The van der Waals surface area contributed by atoms with E-state index in [9.17, 15) is 0 Å². The van der Waals surface area contributed by atoms with Gasteiger partial charge in [-0.1, -0.05) is 89.5 Å². The maximum Gasteiger partial charge on any atom is -0.0123 e. The first kappa shape index (κ1) is 44.0. The zero-order valence-corrected chi connectivity index (χ0v) is 38.7. The van der Waals surface area contributed by atoms with E-state index in [1.807, 2.05) is 0 Å². The molecule has 52 heavy (non-hydrogen) atoms. The Kier molecular flexibility index (Phi) is 17.2. The van der Waals surface area contributed by atoms with E-state index in [0.717, 1.165) is 24.6 Å². The highest BCUT2D eigenvalue weighted by Gasteiger charge is 2.07. The zero-order valence-electron chi connectivity index (χ0n) is 34.1. The van der Waals surface area contributed by atoms with E-state index in [0.29, 0.717) is 0 Å². The fourth-order valence-corrected chi connectivity index (χ4v) is 8.80. The van der Waals surface area contributed by atoms with Gasteiger partial charge in [-0.3, -0.25) is 0 Å². The van der Waals surface area contributed by atoms with Crippen molar-refractivity contribution in [3.8, 4) is 0 Å². The van der Waals surface area contributed by atoms with Gasteiger partial charge in [0.25, 0.3) is 0 Å². The number of rotatable bonds is 4. The maximum atomic E-state index is 2.82. The van der Waals surface area contributed by atoms with Crippen LogP contribution in [0.25, 0.3) is 21.5 Å². The number of aryl methyl sites for hydroxylation is 10. The van der Waals surface area contributed by atoms with Crippen LogP contribution in [-0.4, -0.2) is 0 Å². The van der Waals surface area contributed by atoms with E-state index in [2.05, 4.69) is 193 Å². The van der Waals surface area contributed by atoms with Gasteiger partial charge in [-0.05, 0) is 202 Å². The Morgan fingerprint density at radius 3 is 1.52 bits per heavy atom. The Balaban J connectivity index is 0.000000189. The van der Waals surface area contributed by atoms with Crippen molar-refractivity contribution in [1.29, 1.82) is 0 Å². The Bertz CT molecular complexity index is 2160. The average molecular weight is 765 g/mol. The smallest absolute Gasteiger partial charge is 0.0123 e. The van der Waals surface area contributed by atoms with Gasteiger partial charge in [-0.15, -0.1) is 37.0 Å². The lowest BCUT2D eigenvalue weighted by atomic mass is 9.95. The molecule has 0 heterocycles. The number of hydrogen-bond donors (Lipinski definition) is 0. The molecular weight excluding hydrogens is 700 g/mol. The van der Waals surface area contributed by atoms with Crippen LogP contribution in [0.5, 0.6) is 0 Å². The standard InChI is InChI=1S/2C14H17P.2C10H15P/c1-9-4-5-14-11(3)10(2)13(8-15)7-12(14)6-9;1-9-4-5-12-7-10(2)14(8-15)11(3)13(12)6-9;1-7-4-9(3)10(6-11)5-8(7)2;1-7-4-8(2)9(3)10(5-7)6-11/h2*4-7H,8,15H2,1-3H3;2*4-5H,6,11H2,1-3H3. The van der Waals surface area contributed by atoms with Crippen LogP contribution in [0.2, 0.25) is 0 Å². The van der Waals surface area contributed by atoms with Crippen LogP contribution < -0.4 is 0 Å². The highest BCUT2D eigenvalue weighted by atomic mass is 31.0. The minimum atomic E-state index is 1.04. The van der Waals surface area contributed by atoms with Gasteiger partial charge < -0.3 is 0 Å². The van der Waals surface area contributed by atoms with Gasteiger partial charge in [-0.2, -0.15) is 0 Å². The van der Waals surface area contributed by atoms with Gasteiger partial charge in [0.05, 0.1) is 0 Å². The summed E-state index contributed by atoms with van der Waals surface area (Å²) in [6, 6.07) is 27.0. The summed E-state index contributed by atoms with van der Waals surface area (Å²) in [6.07, 6.45) is 4.21. The van der Waals surface area contributed by atoms with Crippen molar-refractivity contribution in [3.05, 3.63) is 162 Å². The Morgan fingerprint density at radius 2 is 0.904 bits per heavy atom. The SMILES string of the molecule is Cc1cc(C)c(C)c(CP)c1.Cc1cc(C)c(CP)cc1C.Cc1ccc2c(C)c(C)c(CP)cc2c1.Cc1ccc2cc(C)c(CP)c(C)c2c1. The van der Waals surface area contributed by atoms with E-state index in [-0.39, 0.29) is 0 Å². The van der Waals surface area contributed by atoms with Gasteiger partial charge in [0.1, 0.15) is 0 Å². The zero-order chi connectivity index (χ0) is 38.9. The summed E-state index contributed by atoms with van der Waals surface area (Å²) < 4.78 is 0. The lowest BCUT2D eigenvalue weighted by Gasteiger charge is -2.12. The van der Waals surface area contributed by atoms with E-state index < -0.39 is 0 Å². The topological polar surface area (TPSA) is 0 Å². The number of fused-ring (bicyclic) bond motifs is 2. The fraction of sp³-hybridized carbons (Fsp3) is 0.333. The van der Waals surface area contributed by atoms with E-state index in [4.69, 9.17) is 0 Å². The minimum Gasteiger partial charge on any atom is -0.133 e. The monoisotopic (exact) mass is 764 g/mol. The molecule has 0 saturated carbocycles. The van der Waals surface area contributed by atoms with Crippen LogP contribution in [0, 0.1) is 83.1 Å². The molecular formula is C48H64P4. The average Bonchev–Trinajstić information content (AvgIpc) is 3.11. The molecule has 0 amide bonds. The second-order valence-electron chi connectivity index (χ2n) is 14.6. The first-order valence-electron chi connectivity index (χ1n) is 18.5. The van der Waals surface area contributed by atoms with Crippen molar-refractivity contribution >= 4 is 58.5 Å². The number of benzene rings is 6. The molecule has 6 aromatic rings. The van der Waals surface area contributed by atoms with Crippen LogP contribution in [0.3, 0.4) is 0 Å². The van der Waals surface area contributed by atoms with Crippen LogP contribution >= 0.6 is 37.0 Å². The van der Waals surface area contributed by atoms with Crippen molar-refractivity contribution in [3.63, 3.8) is 0 Å². The highest BCUT2D eigenvalue weighted by molar-refractivity contribution is 7.16. The molecule has 0 nitrogen and oxygen atoms in total. The van der Waals surface area contributed by atoms with Crippen molar-refractivity contribution in [2.45, 2.75) is 108 Å². The molecule has 0 aliphatic heterocycles. The summed E-state index contributed by atoms with van der Waals surface area (Å²) in [6.45, 7) is 26.2. The predicted molar refractivity (Wildman–Crippen MR) is 251 cm³/mol. The first-order valence-corrected chi connectivity index (χ1v) is 21.8. The second-order valence-corrected chi connectivity index (χ2v) is 16.2. The molecule has 0 aromatic heterocycles. The molecule has 4 unspecified atom stereocenters. The highest BCUT2D eigenvalue weighted by Crippen LogP contribution is 2.29. The molecule has 276 valence electrons. The van der Waals surface area contributed by atoms with Gasteiger partial charge in [0.15, 0.2) is 0 Å². The largest absolute Gasteiger partial charge is 0.133 e. The Hall–Kier alpha value is -2.44. The van der Waals surface area contributed by atoms with E-state index in [1.165, 1.54) is 111 Å². The molecule has 0 radical (unpaired) electrons. The van der Waals surface area contributed by atoms with Crippen LogP contribution in [0.1, 0.15) is 89.0 Å². The first-order chi connectivity index (χ1) is 24.6. The van der Waals surface area contributed by atoms with Gasteiger partial charge in [-0.25, -0.2) is 0 Å². The third-order valence-electron chi connectivity index (χ3n) is 10.6. The molecule has 6 rings (SSSR count). The molecule has 0 aliphatic rings. The molecule has 0 N–H and O–H groups in total.